The van der Waals surface area contributed by atoms with Crippen molar-refractivity contribution in [2.24, 2.45) is 4.99 Å². The highest BCUT2D eigenvalue weighted by molar-refractivity contribution is 7.98. The summed E-state index contributed by atoms with van der Waals surface area (Å²) in [5.74, 6) is 1.75. The molecule has 3 nitrogen and oxygen atoms in total. The van der Waals surface area contributed by atoms with Crippen molar-refractivity contribution in [2.45, 2.75) is 26.8 Å². The third-order valence-electron chi connectivity index (χ3n) is 2.82. The second kappa shape index (κ2) is 9.64. The van der Waals surface area contributed by atoms with Crippen LogP contribution in [0.5, 0.6) is 0 Å². The SMILES string of the molecule is CCNC(=NCc1ccc(C)c(F)c1)NCCCSC. The van der Waals surface area contributed by atoms with Gasteiger partial charge in [-0.05, 0) is 49.5 Å². The van der Waals surface area contributed by atoms with Crippen LogP contribution in [0, 0.1) is 12.7 Å². The Morgan fingerprint density at radius 1 is 1.35 bits per heavy atom. The van der Waals surface area contributed by atoms with E-state index in [1.807, 2.05) is 24.8 Å². The third-order valence-corrected chi connectivity index (χ3v) is 3.51. The predicted molar refractivity (Wildman–Crippen MR) is 87.0 cm³/mol. The van der Waals surface area contributed by atoms with Crippen molar-refractivity contribution in [1.29, 1.82) is 0 Å². The number of hydrogen-bond acceptors (Lipinski definition) is 2. The van der Waals surface area contributed by atoms with E-state index in [1.54, 1.807) is 19.1 Å². The molecule has 0 atom stereocenters. The Kier molecular flexibility index (Phi) is 8.11. The average Bonchev–Trinajstić information content (AvgIpc) is 2.44. The number of aryl methyl sites for hydroxylation is 1. The number of nitrogens with zero attached hydrogens (tertiary/aromatic N) is 1. The molecule has 0 aliphatic carbocycles. The molecule has 0 aliphatic rings. The molecule has 5 heteroatoms. The van der Waals surface area contributed by atoms with Gasteiger partial charge < -0.3 is 10.6 Å². The lowest BCUT2D eigenvalue weighted by molar-refractivity contribution is 0.616. The number of benzene rings is 1. The second-order valence-corrected chi connectivity index (χ2v) is 5.54. The molecular formula is C15H24FN3S. The largest absolute Gasteiger partial charge is 0.357 e. The first kappa shape index (κ1) is 16.8. The fourth-order valence-electron chi connectivity index (χ4n) is 1.67. The summed E-state index contributed by atoms with van der Waals surface area (Å²) in [6.45, 7) is 5.99. The maximum atomic E-state index is 13.5. The normalized spacial score (nSPS) is 11.5. The molecule has 0 spiro atoms. The van der Waals surface area contributed by atoms with Crippen LogP contribution >= 0.6 is 11.8 Å². The summed E-state index contributed by atoms with van der Waals surface area (Å²) in [5, 5.41) is 6.48. The van der Waals surface area contributed by atoms with Crippen LogP contribution < -0.4 is 10.6 Å². The van der Waals surface area contributed by atoms with Gasteiger partial charge in [-0.3, -0.25) is 0 Å². The van der Waals surface area contributed by atoms with E-state index in [9.17, 15) is 4.39 Å². The lowest BCUT2D eigenvalue weighted by Gasteiger charge is -2.11. The van der Waals surface area contributed by atoms with E-state index < -0.39 is 0 Å². The van der Waals surface area contributed by atoms with Crippen molar-refractivity contribution in [2.75, 3.05) is 25.1 Å². The number of halogens is 1. The molecule has 20 heavy (non-hydrogen) atoms. The Morgan fingerprint density at radius 3 is 2.80 bits per heavy atom. The van der Waals surface area contributed by atoms with Crippen molar-refractivity contribution in [3.8, 4) is 0 Å². The average molecular weight is 297 g/mol. The second-order valence-electron chi connectivity index (χ2n) is 4.55. The van der Waals surface area contributed by atoms with Gasteiger partial charge in [0.1, 0.15) is 5.82 Å². The van der Waals surface area contributed by atoms with Crippen LogP contribution in [0.15, 0.2) is 23.2 Å². The van der Waals surface area contributed by atoms with E-state index in [2.05, 4.69) is 21.9 Å². The first-order chi connectivity index (χ1) is 9.67. The van der Waals surface area contributed by atoms with Crippen LogP contribution in [0.3, 0.4) is 0 Å². The van der Waals surface area contributed by atoms with Crippen molar-refractivity contribution in [3.63, 3.8) is 0 Å². The maximum Gasteiger partial charge on any atom is 0.191 e. The molecule has 0 saturated carbocycles. The molecule has 1 aromatic rings. The van der Waals surface area contributed by atoms with Gasteiger partial charge in [0.15, 0.2) is 5.96 Å². The van der Waals surface area contributed by atoms with E-state index >= 15 is 0 Å². The van der Waals surface area contributed by atoms with Crippen LogP contribution in [0.2, 0.25) is 0 Å². The van der Waals surface area contributed by atoms with E-state index in [-0.39, 0.29) is 5.82 Å². The molecule has 0 aliphatic heterocycles. The maximum absolute atomic E-state index is 13.5. The first-order valence-corrected chi connectivity index (χ1v) is 8.33. The molecule has 0 unspecified atom stereocenters. The highest BCUT2D eigenvalue weighted by atomic mass is 32.2. The van der Waals surface area contributed by atoms with Gasteiger partial charge >= 0.3 is 0 Å². The Hall–Kier alpha value is -1.23. The minimum absolute atomic E-state index is 0.171. The molecule has 0 aromatic heterocycles. The van der Waals surface area contributed by atoms with Crippen LogP contribution in [0.4, 0.5) is 4.39 Å². The molecule has 0 radical (unpaired) electrons. The molecule has 1 aromatic carbocycles. The van der Waals surface area contributed by atoms with Gasteiger partial charge in [-0.1, -0.05) is 12.1 Å². The number of hydrogen-bond donors (Lipinski definition) is 2. The molecule has 0 heterocycles. The minimum Gasteiger partial charge on any atom is -0.357 e. The lowest BCUT2D eigenvalue weighted by Crippen LogP contribution is -2.37. The van der Waals surface area contributed by atoms with Crippen molar-refractivity contribution >= 4 is 17.7 Å². The fourth-order valence-corrected chi connectivity index (χ4v) is 2.10. The van der Waals surface area contributed by atoms with Gasteiger partial charge in [0.05, 0.1) is 6.54 Å². The fraction of sp³-hybridized carbons (Fsp3) is 0.533. The van der Waals surface area contributed by atoms with Gasteiger partial charge in [-0.15, -0.1) is 0 Å². The molecule has 0 amide bonds. The predicted octanol–water partition coefficient (Wildman–Crippen LogP) is 2.94. The number of guanidine groups is 1. The zero-order chi connectivity index (χ0) is 14.8. The van der Waals surface area contributed by atoms with Gasteiger partial charge in [0.25, 0.3) is 0 Å². The van der Waals surface area contributed by atoms with Crippen molar-refractivity contribution in [3.05, 3.63) is 35.1 Å². The number of thioether (sulfide) groups is 1. The van der Waals surface area contributed by atoms with E-state index in [0.717, 1.165) is 36.8 Å². The summed E-state index contributed by atoms with van der Waals surface area (Å²) in [6.07, 6.45) is 3.20. The molecule has 1 rings (SSSR count). The van der Waals surface area contributed by atoms with Crippen molar-refractivity contribution in [1.82, 2.24) is 10.6 Å². The Balaban J connectivity index is 2.54. The highest BCUT2D eigenvalue weighted by Gasteiger charge is 2.00. The van der Waals surface area contributed by atoms with Gasteiger partial charge in [0.2, 0.25) is 0 Å². The Labute approximate surface area is 125 Å². The Bertz CT molecular complexity index is 435. The number of nitrogens with one attached hydrogen (secondary N) is 2. The van der Waals surface area contributed by atoms with Gasteiger partial charge in [-0.25, -0.2) is 9.38 Å². The minimum atomic E-state index is -0.171. The molecular weight excluding hydrogens is 273 g/mol. The topological polar surface area (TPSA) is 36.4 Å². The summed E-state index contributed by atoms with van der Waals surface area (Å²) in [6, 6.07) is 5.26. The third kappa shape index (κ3) is 6.28. The molecule has 0 bridgehead atoms. The van der Waals surface area contributed by atoms with Crippen LogP contribution in [0.25, 0.3) is 0 Å². The monoisotopic (exact) mass is 297 g/mol. The van der Waals surface area contributed by atoms with Gasteiger partial charge in [0, 0.05) is 13.1 Å². The van der Waals surface area contributed by atoms with Crippen molar-refractivity contribution < 1.29 is 4.39 Å². The molecule has 2 N–H and O–H groups in total. The van der Waals surface area contributed by atoms with Crippen LogP contribution in [-0.4, -0.2) is 31.1 Å². The number of rotatable bonds is 7. The Morgan fingerprint density at radius 2 is 2.15 bits per heavy atom. The summed E-state index contributed by atoms with van der Waals surface area (Å²) < 4.78 is 13.5. The molecule has 112 valence electrons. The first-order valence-electron chi connectivity index (χ1n) is 6.93. The zero-order valence-corrected chi connectivity index (χ0v) is 13.3. The number of aliphatic imine (C=N–C) groups is 1. The summed E-state index contributed by atoms with van der Waals surface area (Å²) in [7, 11) is 0. The zero-order valence-electron chi connectivity index (χ0n) is 12.5. The summed E-state index contributed by atoms with van der Waals surface area (Å²) in [5.41, 5.74) is 1.55. The van der Waals surface area contributed by atoms with Crippen LogP contribution in [-0.2, 0) is 6.54 Å². The van der Waals surface area contributed by atoms with E-state index in [1.165, 1.54) is 0 Å². The van der Waals surface area contributed by atoms with E-state index in [4.69, 9.17) is 0 Å². The highest BCUT2D eigenvalue weighted by Crippen LogP contribution is 2.09. The smallest absolute Gasteiger partial charge is 0.191 e. The van der Waals surface area contributed by atoms with Crippen LogP contribution in [0.1, 0.15) is 24.5 Å². The molecule has 0 fully saturated rings. The quantitative estimate of drug-likeness (QED) is 0.461. The van der Waals surface area contributed by atoms with E-state index in [0.29, 0.717) is 12.1 Å². The lowest BCUT2D eigenvalue weighted by atomic mass is 10.1. The van der Waals surface area contributed by atoms with Gasteiger partial charge in [-0.2, -0.15) is 11.8 Å². The standard InChI is InChI=1S/C15H24FN3S/c1-4-17-15(18-8-5-9-20-3)19-11-13-7-6-12(2)14(16)10-13/h6-7,10H,4-5,8-9,11H2,1-3H3,(H2,17,18,19). The summed E-state index contributed by atoms with van der Waals surface area (Å²) >= 11 is 1.84. The summed E-state index contributed by atoms with van der Waals surface area (Å²) in [4.78, 5) is 4.47. The molecule has 0 saturated heterocycles.